The normalized spacial score (nSPS) is 18.2. The minimum atomic E-state index is 0.0267. The molecule has 5 heteroatoms. The second-order valence-electron chi connectivity index (χ2n) is 4.87. The molecule has 1 atom stereocenters. The zero-order valence-corrected chi connectivity index (χ0v) is 11.4. The fraction of sp³-hybridized carbons (Fsp3) is 0.333. The number of likely N-dealkylation sites (tertiary alicyclic amines) is 1. The van der Waals surface area contributed by atoms with Gasteiger partial charge in [0.2, 0.25) is 12.3 Å². The molecule has 0 radical (unpaired) electrons. The van der Waals surface area contributed by atoms with Crippen LogP contribution in [0.1, 0.15) is 24.7 Å². The van der Waals surface area contributed by atoms with Gasteiger partial charge >= 0.3 is 0 Å². The molecule has 1 aliphatic rings. The number of nitrogens with zero attached hydrogens (tertiary/aromatic N) is 2. The Kier molecular flexibility index (Phi) is 3.41. The van der Waals surface area contributed by atoms with Gasteiger partial charge in [0.15, 0.2) is 0 Å². The van der Waals surface area contributed by atoms with E-state index in [2.05, 4.69) is 9.97 Å². The highest BCUT2D eigenvalue weighted by Gasteiger charge is 2.28. The minimum absolute atomic E-state index is 0.0267. The number of methoxy groups -OCH3 is 1. The molecule has 3 rings (SSSR count). The standard InChI is InChI=1S/C15H17N3O2/c1-20-15-13(11-6-3-2-4-7-11)16-14(17-15)12-8-5-9-18(12)10-19/h2-4,6-7,10,12H,5,8-9H2,1H3,(H,16,17). The SMILES string of the molecule is COc1nc(C2CCCN2C=O)[nH]c1-c1ccccc1. The molecule has 1 aromatic heterocycles. The lowest BCUT2D eigenvalue weighted by Gasteiger charge is -2.17. The summed E-state index contributed by atoms with van der Waals surface area (Å²) in [6, 6.07) is 9.96. The van der Waals surface area contributed by atoms with E-state index in [1.807, 2.05) is 30.3 Å². The first-order valence-electron chi connectivity index (χ1n) is 6.74. The molecule has 2 heterocycles. The lowest BCUT2D eigenvalue weighted by molar-refractivity contribution is -0.119. The van der Waals surface area contributed by atoms with E-state index in [9.17, 15) is 4.79 Å². The van der Waals surface area contributed by atoms with Crippen molar-refractivity contribution in [2.24, 2.45) is 0 Å². The second kappa shape index (κ2) is 5.36. The van der Waals surface area contributed by atoms with Gasteiger partial charge in [-0.1, -0.05) is 30.3 Å². The quantitative estimate of drug-likeness (QED) is 0.869. The summed E-state index contributed by atoms with van der Waals surface area (Å²) in [6.07, 6.45) is 2.84. The molecule has 1 fully saturated rings. The minimum Gasteiger partial charge on any atom is -0.479 e. The highest BCUT2D eigenvalue weighted by atomic mass is 16.5. The van der Waals surface area contributed by atoms with E-state index in [4.69, 9.17) is 4.74 Å². The molecule has 0 saturated carbocycles. The van der Waals surface area contributed by atoms with Crippen molar-refractivity contribution in [2.75, 3.05) is 13.7 Å². The molecule has 2 aromatic rings. The van der Waals surface area contributed by atoms with Crippen molar-refractivity contribution < 1.29 is 9.53 Å². The number of aromatic nitrogens is 2. The molecule has 0 aliphatic carbocycles. The number of nitrogens with one attached hydrogen (secondary N) is 1. The Morgan fingerprint density at radius 2 is 2.20 bits per heavy atom. The lowest BCUT2D eigenvalue weighted by Crippen LogP contribution is -2.22. The smallest absolute Gasteiger partial charge is 0.239 e. The van der Waals surface area contributed by atoms with Crippen molar-refractivity contribution in [3.63, 3.8) is 0 Å². The summed E-state index contributed by atoms with van der Waals surface area (Å²) in [4.78, 5) is 20.7. The fourth-order valence-electron chi connectivity index (χ4n) is 2.69. The molecule has 1 amide bonds. The van der Waals surface area contributed by atoms with Crippen molar-refractivity contribution in [3.05, 3.63) is 36.2 Å². The number of benzene rings is 1. The third kappa shape index (κ3) is 2.15. The van der Waals surface area contributed by atoms with E-state index in [0.717, 1.165) is 42.9 Å². The number of carbonyl (C=O) groups excluding carboxylic acids is 1. The number of amides is 1. The molecule has 1 N–H and O–H groups in total. The molecule has 20 heavy (non-hydrogen) atoms. The first kappa shape index (κ1) is 12.7. The van der Waals surface area contributed by atoms with E-state index in [-0.39, 0.29) is 6.04 Å². The molecule has 1 aromatic carbocycles. The van der Waals surface area contributed by atoms with Gasteiger partial charge in [-0.05, 0) is 12.8 Å². The molecular weight excluding hydrogens is 254 g/mol. The predicted molar refractivity (Wildman–Crippen MR) is 75.3 cm³/mol. The number of hydrogen-bond donors (Lipinski definition) is 1. The van der Waals surface area contributed by atoms with Crippen molar-refractivity contribution in [2.45, 2.75) is 18.9 Å². The fourth-order valence-corrected chi connectivity index (χ4v) is 2.69. The molecule has 5 nitrogen and oxygen atoms in total. The summed E-state index contributed by atoms with van der Waals surface area (Å²) in [5.41, 5.74) is 1.89. The zero-order valence-electron chi connectivity index (χ0n) is 11.4. The molecule has 1 aliphatic heterocycles. The average Bonchev–Trinajstić information content (AvgIpc) is 3.13. The Bertz CT molecular complexity index is 594. The number of H-pyrrole nitrogens is 1. The Hall–Kier alpha value is -2.30. The Morgan fingerprint density at radius 1 is 1.40 bits per heavy atom. The first-order valence-corrected chi connectivity index (χ1v) is 6.74. The molecule has 1 saturated heterocycles. The number of hydrogen-bond acceptors (Lipinski definition) is 3. The molecule has 0 bridgehead atoms. The van der Waals surface area contributed by atoms with Gasteiger partial charge in [0.1, 0.15) is 11.5 Å². The van der Waals surface area contributed by atoms with Crippen LogP contribution in [-0.2, 0) is 4.79 Å². The van der Waals surface area contributed by atoms with Crippen molar-refractivity contribution in [3.8, 4) is 17.1 Å². The number of rotatable bonds is 4. The van der Waals surface area contributed by atoms with Gasteiger partial charge in [0.05, 0.1) is 13.2 Å². The van der Waals surface area contributed by atoms with Crippen molar-refractivity contribution in [1.29, 1.82) is 0 Å². The second-order valence-corrected chi connectivity index (χ2v) is 4.87. The number of ether oxygens (including phenoxy) is 1. The number of aromatic amines is 1. The van der Waals surface area contributed by atoms with Crippen LogP contribution in [0.2, 0.25) is 0 Å². The van der Waals surface area contributed by atoms with Crippen LogP contribution in [0.25, 0.3) is 11.3 Å². The van der Waals surface area contributed by atoms with E-state index in [1.54, 1.807) is 12.0 Å². The summed E-state index contributed by atoms with van der Waals surface area (Å²) in [5, 5.41) is 0. The average molecular weight is 271 g/mol. The maximum absolute atomic E-state index is 11.1. The molecule has 104 valence electrons. The van der Waals surface area contributed by atoms with Crippen LogP contribution >= 0.6 is 0 Å². The molecular formula is C15H17N3O2. The topological polar surface area (TPSA) is 58.2 Å². The molecule has 1 unspecified atom stereocenters. The maximum Gasteiger partial charge on any atom is 0.239 e. The summed E-state index contributed by atoms with van der Waals surface area (Å²) in [7, 11) is 1.61. The summed E-state index contributed by atoms with van der Waals surface area (Å²) < 4.78 is 5.36. The van der Waals surface area contributed by atoms with Crippen LogP contribution in [-0.4, -0.2) is 34.9 Å². The Balaban J connectivity index is 1.99. The van der Waals surface area contributed by atoms with Crippen LogP contribution < -0.4 is 4.74 Å². The van der Waals surface area contributed by atoms with Crippen molar-refractivity contribution in [1.82, 2.24) is 14.9 Å². The van der Waals surface area contributed by atoms with Gasteiger partial charge in [-0.2, -0.15) is 4.98 Å². The summed E-state index contributed by atoms with van der Waals surface area (Å²) >= 11 is 0. The van der Waals surface area contributed by atoms with Gasteiger partial charge < -0.3 is 14.6 Å². The monoisotopic (exact) mass is 271 g/mol. The van der Waals surface area contributed by atoms with Crippen molar-refractivity contribution >= 4 is 6.41 Å². The van der Waals surface area contributed by atoms with Crippen LogP contribution in [0.15, 0.2) is 30.3 Å². The largest absolute Gasteiger partial charge is 0.479 e. The Morgan fingerprint density at radius 3 is 2.90 bits per heavy atom. The van der Waals surface area contributed by atoms with Crippen LogP contribution in [0.5, 0.6) is 5.88 Å². The van der Waals surface area contributed by atoms with E-state index in [1.165, 1.54) is 0 Å². The highest BCUT2D eigenvalue weighted by Crippen LogP contribution is 2.34. The van der Waals surface area contributed by atoms with Crippen LogP contribution in [0.4, 0.5) is 0 Å². The highest BCUT2D eigenvalue weighted by molar-refractivity contribution is 5.65. The van der Waals surface area contributed by atoms with E-state index in [0.29, 0.717) is 5.88 Å². The van der Waals surface area contributed by atoms with E-state index < -0.39 is 0 Å². The van der Waals surface area contributed by atoms with Gasteiger partial charge in [-0.3, -0.25) is 4.79 Å². The zero-order chi connectivity index (χ0) is 13.9. The summed E-state index contributed by atoms with van der Waals surface area (Å²) in [6.45, 7) is 0.790. The lowest BCUT2D eigenvalue weighted by atomic mass is 10.2. The third-order valence-electron chi connectivity index (χ3n) is 3.69. The predicted octanol–water partition coefficient (Wildman–Crippen LogP) is 2.38. The van der Waals surface area contributed by atoms with Gasteiger partial charge in [-0.15, -0.1) is 0 Å². The Labute approximate surface area is 117 Å². The van der Waals surface area contributed by atoms with Gasteiger partial charge in [0, 0.05) is 12.1 Å². The van der Waals surface area contributed by atoms with E-state index >= 15 is 0 Å². The number of carbonyl (C=O) groups is 1. The van der Waals surface area contributed by atoms with Crippen LogP contribution in [0, 0.1) is 0 Å². The summed E-state index contributed by atoms with van der Waals surface area (Å²) in [5.74, 6) is 1.37. The molecule has 0 spiro atoms. The van der Waals surface area contributed by atoms with Gasteiger partial charge in [0.25, 0.3) is 0 Å². The third-order valence-corrected chi connectivity index (χ3v) is 3.69. The number of imidazole rings is 1. The first-order chi connectivity index (χ1) is 9.83. The maximum atomic E-state index is 11.1. The van der Waals surface area contributed by atoms with Crippen LogP contribution in [0.3, 0.4) is 0 Å². The van der Waals surface area contributed by atoms with Gasteiger partial charge in [-0.25, -0.2) is 0 Å².